The molecule has 3 rings (SSSR count). The largest absolute Gasteiger partial charge is 0.479 e. The maximum Gasteiger partial charge on any atom is 0.335 e. The second-order valence-corrected chi connectivity index (χ2v) is 5.62. The van der Waals surface area contributed by atoms with Gasteiger partial charge in [-0.2, -0.15) is 0 Å². The molecule has 2 aliphatic rings. The lowest BCUT2D eigenvalue weighted by Crippen LogP contribution is -2.65. The number of hydrogen-bond acceptors (Lipinski definition) is 6. The minimum atomic E-state index is -1.56. The van der Waals surface area contributed by atoms with Crippen LogP contribution in [0.5, 0.6) is 0 Å². The molecule has 0 aliphatic carbocycles. The summed E-state index contributed by atoms with van der Waals surface area (Å²) < 4.78 is 16.8. The highest BCUT2D eigenvalue weighted by Crippen LogP contribution is 2.38. The standard InChI is InChI=1S/C15H18O7/c1-15(8-5-3-2-4-6-8)20-7-9-12(22-15)10(16)11(17)13(21-9)14(18)19/h2-6,9-13,16-17H,7H2,1H3,(H,18,19)/t9-,10-,11-,12+,13-,15+/m1/s1. The van der Waals surface area contributed by atoms with Gasteiger partial charge in [-0.25, -0.2) is 4.79 Å². The Balaban J connectivity index is 1.83. The second kappa shape index (κ2) is 5.60. The van der Waals surface area contributed by atoms with Crippen LogP contribution >= 0.6 is 0 Å². The quantitative estimate of drug-likeness (QED) is 0.697. The van der Waals surface area contributed by atoms with Crippen LogP contribution < -0.4 is 0 Å². The van der Waals surface area contributed by atoms with Gasteiger partial charge in [0.1, 0.15) is 24.4 Å². The molecule has 2 saturated heterocycles. The molecule has 0 spiro atoms. The lowest BCUT2D eigenvalue weighted by Gasteiger charge is -2.49. The van der Waals surface area contributed by atoms with E-state index in [1.165, 1.54) is 0 Å². The van der Waals surface area contributed by atoms with E-state index in [1.807, 2.05) is 30.3 Å². The normalized spacial score (nSPS) is 41.7. The zero-order valence-corrected chi connectivity index (χ0v) is 12.0. The van der Waals surface area contributed by atoms with Crippen LogP contribution in [0.4, 0.5) is 0 Å². The van der Waals surface area contributed by atoms with E-state index in [9.17, 15) is 15.0 Å². The molecule has 0 unspecified atom stereocenters. The van der Waals surface area contributed by atoms with Gasteiger partial charge >= 0.3 is 5.97 Å². The maximum absolute atomic E-state index is 11.1. The third kappa shape index (κ3) is 2.51. The number of rotatable bonds is 2. The second-order valence-electron chi connectivity index (χ2n) is 5.62. The van der Waals surface area contributed by atoms with Gasteiger partial charge in [0, 0.05) is 5.56 Å². The van der Waals surface area contributed by atoms with Crippen LogP contribution in [0.15, 0.2) is 30.3 Å². The number of aliphatic hydroxyl groups excluding tert-OH is 2. The van der Waals surface area contributed by atoms with Crippen molar-refractivity contribution in [1.82, 2.24) is 0 Å². The molecule has 0 saturated carbocycles. The maximum atomic E-state index is 11.1. The molecule has 1 aromatic carbocycles. The van der Waals surface area contributed by atoms with Crippen LogP contribution in [-0.4, -0.2) is 58.4 Å². The number of aliphatic carboxylic acids is 1. The van der Waals surface area contributed by atoms with E-state index in [4.69, 9.17) is 19.3 Å². The number of benzene rings is 1. The predicted molar refractivity (Wildman–Crippen MR) is 72.9 cm³/mol. The molecule has 0 bridgehead atoms. The van der Waals surface area contributed by atoms with E-state index in [1.54, 1.807) is 6.92 Å². The molecule has 1 aromatic rings. The summed E-state index contributed by atoms with van der Waals surface area (Å²) in [5.41, 5.74) is 0.760. The minimum absolute atomic E-state index is 0.0591. The van der Waals surface area contributed by atoms with Crippen LogP contribution in [0.1, 0.15) is 12.5 Å². The summed E-state index contributed by atoms with van der Waals surface area (Å²) in [6.07, 6.45) is -6.05. The number of ether oxygens (including phenoxy) is 3. The molecular formula is C15H18O7. The first kappa shape index (κ1) is 15.4. The smallest absolute Gasteiger partial charge is 0.335 e. The molecule has 0 aromatic heterocycles. The Morgan fingerprint density at radius 1 is 1.23 bits per heavy atom. The van der Waals surface area contributed by atoms with Gasteiger partial charge < -0.3 is 29.5 Å². The lowest BCUT2D eigenvalue weighted by molar-refractivity contribution is -0.367. The van der Waals surface area contributed by atoms with Crippen molar-refractivity contribution in [3.05, 3.63) is 35.9 Å². The summed E-state index contributed by atoms with van der Waals surface area (Å²) in [6, 6.07) is 9.18. The molecule has 120 valence electrons. The molecule has 7 nitrogen and oxygen atoms in total. The van der Waals surface area contributed by atoms with Crippen molar-refractivity contribution in [2.24, 2.45) is 0 Å². The van der Waals surface area contributed by atoms with Gasteiger partial charge in [-0.15, -0.1) is 0 Å². The van der Waals surface area contributed by atoms with Crippen molar-refractivity contribution >= 4 is 5.97 Å². The van der Waals surface area contributed by atoms with Crippen molar-refractivity contribution in [3.8, 4) is 0 Å². The molecule has 6 atom stereocenters. The van der Waals surface area contributed by atoms with Crippen molar-refractivity contribution in [1.29, 1.82) is 0 Å². The van der Waals surface area contributed by atoms with E-state index in [0.717, 1.165) is 5.56 Å². The minimum Gasteiger partial charge on any atom is -0.479 e. The Morgan fingerprint density at radius 2 is 1.91 bits per heavy atom. The summed E-state index contributed by atoms with van der Waals surface area (Å²) in [5.74, 6) is -2.43. The van der Waals surface area contributed by atoms with Gasteiger partial charge in [0.15, 0.2) is 11.9 Å². The molecule has 22 heavy (non-hydrogen) atoms. The Kier molecular flexibility index (Phi) is 3.92. The topological polar surface area (TPSA) is 105 Å². The summed E-state index contributed by atoms with van der Waals surface area (Å²) in [6.45, 7) is 1.77. The van der Waals surface area contributed by atoms with Gasteiger partial charge in [0.2, 0.25) is 0 Å². The Hall–Kier alpha value is -1.51. The van der Waals surface area contributed by atoms with E-state index < -0.39 is 42.3 Å². The molecular weight excluding hydrogens is 292 g/mol. The van der Waals surface area contributed by atoms with E-state index >= 15 is 0 Å². The molecule has 0 radical (unpaired) electrons. The lowest BCUT2D eigenvalue weighted by atomic mass is 9.93. The van der Waals surface area contributed by atoms with Crippen LogP contribution in [-0.2, 0) is 24.8 Å². The molecule has 3 N–H and O–H groups in total. The highest BCUT2D eigenvalue weighted by Gasteiger charge is 2.53. The number of carbonyl (C=O) groups is 1. The van der Waals surface area contributed by atoms with Crippen LogP contribution in [0, 0.1) is 0 Å². The number of aliphatic hydroxyl groups is 2. The third-order valence-electron chi connectivity index (χ3n) is 4.11. The van der Waals surface area contributed by atoms with Gasteiger partial charge in [0.05, 0.1) is 6.61 Å². The van der Waals surface area contributed by atoms with Crippen molar-refractivity contribution in [2.75, 3.05) is 6.61 Å². The first-order chi connectivity index (χ1) is 10.4. The van der Waals surface area contributed by atoms with E-state index in [-0.39, 0.29) is 6.61 Å². The zero-order chi connectivity index (χ0) is 15.9. The summed E-state index contributed by atoms with van der Waals surface area (Å²) >= 11 is 0. The summed E-state index contributed by atoms with van der Waals surface area (Å²) in [7, 11) is 0. The van der Waals surface area contributed by atoms with Crippen molar-refractivity contribution < 1.29 is 34.3 Å². The van der Waals surface area contributed by atoms with Crippen molar-refractivity contribution in [3.63, 3.8) is 0 Å². The Bertz CT molecular complexity index is 546. The number of carboxylic acid groups (broad SMARTS) is 1. The highest BCUT2D eigenvalue weighted by molar-refractivity contribution is 5.73. The molecule has 2 fully saturated rings. The van der Waals surface area contributed by atoms with Crippen molar-refractivity contribution in [2.45, 2.75) is 43.2 Å². The van der Waals surface area contributed by atoms with Gasteiger partial charge in [-0.1, -0.05) is 30.3 Å². The fraction of sp³-hybridized carbons (Fsp3) is 0.533. The number of hydrogen-bond donors (Lipinski definition) is 3. The average Bonchev–Trinajstić information content (AvgIpc) is 2.52. The monoisotopic (exact) mass is 310 g/mol. The van der Waals surface area contributed by atoms with Gasteiger partial charge in [0.25, 0.3) is 0 Å². The molecule has 2 heterocycles. The highest BCUT2D eigenvalue weighted by atomic mass is 16.7. The third-order valence-corrected chi connectivity index (χ3v) is 4.11. The van der Waals surface area contributed by atoms with Crippen LogP contribution in [0.2, 0.25) is 0 Å². The molecule has 2 aliphatic heterocycles. The number of carboxylic acids is 1. The Morgan fingerprint density at radius 3 is 2.55 bits per heavy atom. The SMILES string of the molecule is C[C@]1(c2ccccc2)OC[C@H]2O[C@@H](C(=O)O)[C@H](O)[C@@H](O)[C@H]2O1. The molecule has 0 amide bonds. The molecule has 7 heteroatoms. The van der Waals surface area contributed by atoms with Crippen LogP contribution in [0.3, 0.4) is 0 Å². The fourth-order valence-electron chi connectivity index (χ4n) is 2.85. The average molecular weight is 310 g/mol. The number of fused-ring (bicyclic) bond motifs is 1. The fourth-order valence-corrected chi connectivity index (χ4v) is 2.85. The summed E-state index contributed by atoms with van der Waals surface area (Å²) in [5, 5.41) is 29.1. The van der Waals surface area contributed by atoms with Gasteiger partial charge in [-0.3, -0.25) is 0 Å². The van der Waals surface area contributed by atoms with E-state index in [0.29, 0.717) is 0 Å². The first-order valence-electron chi connectivity index (χ1n) is 7.04. The Labute approximate surface area is 127 Å². The van der Waals surface area contributed by atoms with E-state index in [2.05, 4.69) is 0 Å². The van der Waals surface area contributed by atoms with Gasteiger partial charge in [-0.05, 0) is 6.92 Å². The zero-order valence-electron chi connectivity index (χ0n) is 12.0. The predicted octanol–water partition coefficient (Wildman–Crippen LogP) is -0.151. The summed E-state index contributed by atoms with van der Waals surface area (Å²) in [4.78, 5) is 11.1. The first-order valence-corrected chi connectivity index (χ1v) is 7.04. The van der Waals surface area contributed by atoms with Crippen LogP contribution in [0.25, 0.3) is 0 Å².